The fourth-order valence-corrected chi connectivity index (χ4v) is 3.89. The van der Waals surface area contributed by atoms with Gasteiger partial charge in [0, 0.05) is 24.1 Å². The maximum atomic E-state index is 13.5. The Labute approximate surface area is 166 Å². The van der Waals surface area contributed by atoms with Gasteiger partial charge in [-0.1, -0.05) is 36.4 Å². The molecule has 7 heteroatoms. The lowest BCUT2D eigenvalue weighted by atomic mass is 9.87. The minimum atomic E-state index is -0.516. The average Bonchev–Trinajstić information content (AvgIpc) is 3.22. The lowest BCUT2D eigenvalue weighted by Crippen LogP contribution is -2.36. The van der Waals surface area contributed by atoms with Gasteiger partial charge in [0.15, 0.2) is 5.82 Å². The zero-order chi connectivity index (χ0) is 19.8. The van der Waals surface area contributed by atoms with Crippen LogP contribution in [0.5, 0.6) is 17.5 Å². The molecule has 2 aliphatic rings. The van der Waals surface area contributed by atoms with E-state index in [0.717, 1.165) is 23.5 Å². The van der Waals surface area contributed by atoms with Crippen LogP contribution in [-0.4, -0.2) is 40.0 Å². The van der Waals surface area contributed by atoms with Gasteiger partial charge in [-0.25, -0.2) is 14.4 Å². The Kier molecular flexibility index (Phi) is 4.35. The highest BCUT2D eigenvalue weighted by Gasteiger charge is 2.38. The van der Waals surface area contributed by atoms with Gasteiger partial charge in [0.2, 0.25) is 5.91 Å². The summed E-state index contributed by atoms with van der Waals surface area (Å²) in [6.45, 7) is 1.01. The molecule has 1 atom stereocenters. The van der Waals surface area contributed by atoms with Crippen LogP contribution < -0.4 is 9.47 Å². The van der Waals surface area contributed by atoms with E-state index in [2.05, 4.69) is 9.97 Å². The Hall–Kier alpha value is -3.48. The molecule has 1 aromatic heterocycles. The number of hydrogen-bond acceptors (Lipinski definition) is 5. The number of nitrogens with zero attached hydrogens (tertiary/aromatic N) is 3. The third-order valence-electron chi connectivity index (χ3n) is 5.25. The Balaban J connectivity index is 1.38. The monoisotopic (exact) mass is 391 g/mol. The van der Waals surface area contributed by atoms with Crippen molar-refractivity contribution in [2.24, 2.45) is 0 Å². The van der Waals surface area contributed by atoms with Gasteiger partial charge in [0.1, 0.15) is 17.6 Å². The summed E-state index contributed by atoms with van der Waals surface area (Å²) in [6, 6.07) is 15.4. The number of likely N-dealkylation sites (tertiary alicyclic amines) is 1. The molecule has 0 aliphatic carbocycles. The van der Waals surface area contributed by atoms with Crippen LogP contribution in [0.15, 0.2) is 60.9 Å². The van der Waals surface area contributed by atoms with Crippen LogP contribution in [0.4, 0.5) is 4.39 Å². The average molecular weight is 391 g/mol. The summed E-state index contributed by atoms with van der Waals surface area (Å²) in [6.07, 6.45) is 2.57. The van der Waals surface area contributed by atoms with Crippen molar-refractivity contribution < 1.29 is 18.7 Å². The van der Waals surface area contributed by atoms with Crippen LogP contribution in [0, 0.1) is 5.82 Å². The molecule has 1 amide bonds. The smallest absolute Gasteiger partial charge is 0.316 e. The van der Waals surface area contributed by atoms with E-state index in [0.29, 0.717) is 31.0 Å². The number of aromatic nitrogens is 2. The maximum absolute atomic E-state index is 13.5. The number of rotatable bonds is 3. The third-order valence-corrected chi connectivity index (χ3v) is 5.25. The maximum Gasteiger partial charge on any atom is 0.316 e. The zero-order valence-corrected chi connectivity index (χ0v) is 15.5. The number of amides is 1. The van der Waals surface area contributed by atoms with Crippen molar-refractivity contribution in [1.82, 2.24) is 14.9 Å². The molecule has 3 heterocycles. The Morgan fingerprint density at radius 1 is 1.03 bits per heavy atom. The lowest BCUT2D eigenvalue weighted by molar-refractivity contribution is -0.131. The molecule has 0 unspecified atom stereocenters. The number of hydrogen-bond donors (Lipinski definition) is 0. The molecule has 1 saturated heterocycles. The Bertz CT molecular complexity index is 1010. The molecule has 0 saturated carbocycles. The normalized spacial score (nSPS) is 18.0. The molecule has 29 heavy (non-hydrogen) atoms. The van der Waals surface area contributed by atoms with E-state index in [1.54, 1.807) is 4.90 Å². The second-order valence-corrected chi connectivity index (χ2v) is 7.11. The van der Waals surface area contributed by atoms with Crippen LogP contribution in [0.2, 0.25) is 0 Å². The van der Waals surface area contributed by atoms with Crippen molar-refractivity contribution in [2.75, 3.05) is 13.1 Å². The number of halogens is 1. The molecule has 2 aromatic carbocycles. The first kappa shape index (κ1) is 17.6. The molecule has 5 rings (SSSR count). The van der Waals surface area contributed by atoms with Crippen LogP contribution in [0.1, 0.15) is 23.5 Å². The van der Waals surface area contributed by atoms with Crippen LogP contribution in [0.25, 0.3) is 0 Å². The number of para-hydroxylation sites is 2. The molecular weight excluding hydrogens is 373 g/mol. The largest absolute Gasteiger partial charge is 0.458 e. The minimum absolute atomic E-state index is 0.0133. The number of fused-ring (bicyclic) bond motifs is 2. The second kappa shape index (κ2) is 7.16. The first-order valence-electron chi connectivity index (χ1n) is 9.48. The molecule has 1 fully saturated rings. The molecule has 146 valence electrons. The number of ether oxygens (including phenoxy) is 2. The van der Waals surface area contributed by atoms with Crippen molar-refractivity contribution in [3.8, 4) is 17.5 Å². The molecular formula is C22H18FN3O3. The number of benzene rings is 2. The Morgan fingerprint density at radius 3 is 2.31 bits per heavy atom. The van der Waals surface area contributed by atoms with Crippen molar-refractivity contribution in [3.05, 3.63) is 77.9 Å². The van der Waals surface area contributed by atoms with E-state index in [4.69, 9.17) is 9.47 Å². The first-order chi connectivity index (χ1) is 14.2. The zero-order valence-electron chi connectivity index (χ0n) is 15.5. The molecule has 0 radical (unpaired) electrons. The van der Waals surface area contributed by atoms with Gasteiger partial charge < -0.3 is 14.4 Å². The van der Waals surface area contributed by atoms with Crippen LogP contribution in [-0.2, 0) is 4.79 Å². The first-order valence-corrected chi connectivity index (χ1v) is 9.48. The summed E-state index contributed by atoms with van der Waals surface area (Å²) in [5.74, 6) is 0.487. The van der Waals surface area contributed by atoms with Crippen LogP contribution >= 0.6 is 0 Å². The van der Waals surface area contributed by atoms with Crippen molar-refractivity contribution in [2.45, 2.75) is 18.4 Å². The molecule has 0 spiro atoms. The second-order valence-electron chi connectivity index (χ2n) is 7.11. The predicted octanol–water partition coefficient (Wildman–Crippen LogP) is 3.53. The van der Waals surface area contributed by atoms with E-state index in [1.165, 1.54) is 0 Å². The van der Waals surface area contributed by atoms with Crippen molar-refractivity contribution in [3.63, 3.8) is 0 Å². The third kappa shape index (κ3) is 3.29. The van der Waals surface area contributed by atoms with E-state index < -0.39 is 11.7 Å². The van der Waals surface area contributed by atoms with Gasteiger partial charge in [-0.05, 0) is 12.1 Å². The van der Waals surface area contributed by atoms with E-state index >= 15 is 0 Å². The molecule has 0 bridgehead atoms. The predicted molar refractivity (Wildman–Crippen MR) is 102 cm³/mol. The highest BCUT2D eigenvalue weighted by atomic mass is 19.1. The molecule has 6 nitrogen and oxygen atoms in total. The highest BCUT2D eigenvalue weighted by Crippen LogP contribution is 2.44. The summed E-state index contributed by atoms with van der Waals surface area (Å²) >= 11 is 0. The summed E-state index contributed by atoms with van der Waals surface area (Å²) in [5.41, 5.74) is 1.73. The summed E-state index contributed by atoms with van der Waals surface area (Å²) in [7, 11) is 0. The summed E-state index contributed by atoms with van der Waals surface area (Å²) in [4.78, 5) is 23.0. The van der Waals surface area contributed by atoms with Gasteiger partial charge in [0.25, 0.3) is 0 Å². The van der Waals surface area contributed by atoms with E-state index in [-0.39, 0.29) is 18.0 Å². The number of carbonyl (C=O) groups excluding carboxylic acids is 1. The van der Waals surface area contributed by atoms with Gasteiger partial charge in [0.05, 0.1) is 24.9 Å². The van der Waals surface area contributed by atoms with Gasteiger partial charge >= 0.3 is 6.01 Å². The minimum Gasteiger partial charge on any atom is -0.458 e. The van der Waals surface area contributed by atoms with Gasteiger partial charge in [-0.2, -0.15) is 0 Å². The highest BCUT2D eigenvalue weighted by molar-refractivity contribution is 5.90. The van der Waals surface area contributed by atoms with Gasteiger partial charge in [-0.3, -0.25) is 4.79 Å². The quantitative estimate of drug-likeness (QED) is 0.683. The van der Waals surface area contributed by atoms with Crippen molar-refractivity contribution in [1.29, 1.82) is 0 Å². The lowest BCUT2D eigenvalue weighted by Gasteiger charge is -2.30. The van der Waals surface area contributed by atoms with Gasteiger partial charge in [-0.15, -0.1) is 0 Å². The summed E-state index contributed by atoms with van der Waals surface area (Å²) in [5, 5.41) is 0. The topological polar surface area (TPSA) is 64.5 Å². The Morgan fingerprint density at radius 2 is 1.66 bits per heavy atom. The fraction of sp³-hybridized carbons (Fsp3) is 0.227. The molecule has 0 N–H and O–H groups in total. The van der Waals surface area contributed by atoms with Crippen LogP contribution in [0.3, 0.4) is 0 Å². The van der Waals surface area contributed by atoms with Crippen molar-refractivity contribution >= 4 is 5.91 Å². The molecule has 2 aliphatic heterocycles. The van der Waals surface area contributed by atoms with E-state index in [9.17, 15) is 9.18 Å². The summed E-state index contributed by atoms with van der Waals surface area (Å²) < 4.78 is 24.7. The standard InChI is InChI=1S/C22H18FN3O3/c23-14-11-24-22(25-12-14)28-15-9-10-26(13-15)21(27)20-16-5-1-3-7-18(16)29-19-8-4-2-6-17(19)20/h1-8,11-12,15,20H,9-10,13H2/t15-/m1/s1. The fourth-order valence-electron chi connectivity index (χ4n) is 3.89. The molecule has 3 aromatic rings. The SMILES string of the molecule is O=C(C1c2ccccc2Oc2ccccc21)N1CC[C@@H](Oc2ncc(F)cn2)C1. The number of carbonyl (C=O) groups is 1. The van der Waals surface area contributed by atoms with E-state index in [1.807, 2.05) is 48.5 Å².